The molecule has 0 amide bonds. The number of nitrogens with one attached hydrogen (secondary N) is 1. The number of rotatable bonds is 4. The van der Waals surface area contributed by atoms with Gasteiger partial charge in [0.25, 0.3) is 0 Å². The molecule has 0 radical (unpaired) electrons. The summed E-state index contributed by atoms with van der Waals surface area (Å²) in [4.78, 5) is 24.9. The van der Waals surface area contributed by atoms with Crippen LogP contribution in [-0.2, 0) is 0 Å². The quantitative estimate of drug-likeness (QED) is 0.486. The number of fused-ring (bicyclic) bond motifs is 1. The molecule has 2 N–H and O–H groups in total. The number of hydrogen-bond donors (Lipinski definition) is 2. The zero-order chi connectivity index (χ0) is 22.2. The first-order valence-corrected chi connectivity index (χ1v) is 10.7. The molecule has 2 aromatic carbocycles. The Bertz CT molecular complexity index is 1310. The molecular formula is C23H21ClN6O2. The second-order valence-corrected chi connectivity index (χ2v) is 8.22. The lowest BCUT2D eigenvalue weighted by Gasteiger charge is -2.37. The maximum Gasteiger partial charge on any atom is 0.335 e. The number of halogens is 1. The molecule has 32 heavy (non-hydrogen) atoms. The van der Waals surface area contributed by atoms with E-state index in [0.717, 1.165) is 53.7 Å². The van der Waals surface area contributed by atoms with Crippen molar-refractivity contribution in [3.63, 3.8) is 0 Å². The van der Waals surface area contributed by atoms with Gasteiger partial charge in [-0.1, -0.05) is 29.8 Å². The molecule has 0 aliphatic carbocycles. The third kappa shape index (κ3) is 3.62. The molecule has 0 spiro atoms. The van der Waals surface area contributed by atoms with Gasteiger partial charge in [-0.05, 0) is 36.8 Å². The minimum Gasteiger partial charge on any atom is -0.478 e. The maximum absolute atomic E-state index is 11.4. The number of anilines is 2. The first-order valence-electron chi connectivity index (χ1n) is 10.3. The van der Waals surface area contributed by atoms with Gasteiger partial charge in [0.1, 0.15) is 12.1 Å². The molecule has 9 heteroatoms. The highest BCUT2D eigenvalue weighted by Gasteiger charge is 2.24. The molecule has 0 unspecified atom stereocenters. The van der Waals surface area contributed by atoms with Crippen LogP contribution in [0.4, 0.5) is 11.5 Å². The number of H-pyrrole nitrogens is 1. The van der Waals surface area contributed by atoms with Gasteiger partial charge >= 0.3 is 5.97 Å². The zero-order valence-electron chi connectivity index (χ0n) is 17.4. The Morgan fingerprint density at radius 1 is 1.06 bits per heavy atom. The number of carbonyl (C=O) groups is 1. The van der Waals surface area contributed by atoms with E-state index < -0.39 is 5.97 Å². The summed E-state index contributed by atoms with van der Waals surface area (Å²) in [5.74, 6) is -0.179. The maximum atomic E-state index is 11.4. The lowest BCUT2D eigenvalue weighted by Crippen LogP contribution is -2.47. The van der Waals surface area contributed by atoms with Crippen molar-refractivity contribution in [2.24, 2.45) is 0 Å². The Labute approximate surface area is 189 Å². The summed E-state index contributed by atoms with van der Waals surface area (Å²) in [5, 5.41) is 18.3. The van der Waals surface area contributed by atoms with Crippen molar-refractivity contribution in [3.05, 3.63) is 64.9 Å². The molecule has 1 fully saturated rings. The van der Waals surface area contributed by atoms with Crippen molar-refractivity contribution in [2.75, 3.05) is 36.0 Å². The van der Waals surface area contributed by atoms with Crippen LogP contribution in [0.1, 0.15) is 15.9 Å². The zero-order valence-corrected chi connectivity index (χ0v) is 18.2. The molecule has 1 aliphatic rings. The van der Waals surface area contributed by atoms with Crippen LogP contribution in [0.3, 0.4) is 0 Å². The number of piperazine rings is 1. The van der Waals surface area contributed by atoms with Crippen LogP contribution in [0.25, 0.3) is 22.3 Å². The molecule has 1 aliphatic heterocycles. The van der Waals surface area contributed by atoms with Gasteiger partial charge < -0.3 is 14.9 Å². The number of carboxylic acid groups (broad SMARTS) is 1. The minimum absolute atomic E-state index is 0.217. The van der Waals surface area contributed by atoms with E-state index in [1.165, 1.54) is 11.9 Å². The van der Waals surface area contributed by atoms with Crippen molar-refractivity contribution in [2.45, 2.75) is 6.92 Å². The summed E-state index contributed by atoms with van der Waals surface area (Å²) in [7, 11) is 0. The largest absolute Gasteiger partial charge is 0.478 e. The molecular weight excluding hydrogens is 428 g/mol. The van der Waals surface area contributed by atoms with Gasteiger partial charge in [0.2, 0.25) is 0 Å². The monoisotopic (exact) mass is 448 g/mol. The number of aromatic amines is 1. The molecule has 0 bridgehead atoms. The number of nitrogens with zero attached hydrogens (tertiary/aromatic N) is 5. The Morgan fingerprint density at radius 3 is 2.62 bits per heavy atom. The fraction of sp³-hybridized carbons (Fsp3) is 0.217. The SMILES string of the molecule is Cc1ccc(Cl)cc1N1CCN(c2ncnc3n[nH]c(-c4cccc(C(=O)O)c4)c23)CC1. The Kier molecular flexibility index (Phi) is 5.14. The van der Waals surface area contributed by atoms with Gasteiger partial charge in [-0.2, -0.15) is 5.10 Å². The van der Waals surface area contributed by atoms with Crippen LogP contribution >= 0.6 is 11.6 Å². The highest BCUT2D eigenvalue weighted by Crippen LogP contribution is 2.33. The Morgan fingerprint density at radius 2 is 1.84 bits per heavy atom. The molecule has 5 rings (SSSR count). The van der Waals surface area contributed by atoms with Crippen molar-refractivity contribution in [1.82, 2.24) is 20.2 Å². The third-order valence-electron chi connectivity index (χ3n) is 5.82. The summed E-state index contributed by atoms with van der Waals surface area (Å²) >= 11 is 6.22. The van der Waals surface area contributed by atoms with Crippen LogP contribution in [-0.4, -0.2) is 57.4 Å². The van der Waals surface area contributed by atoms with Crippen molar-refractivity contribution < 1.29 is 9.90 Å². The summed E-state index contributed by atoms with van der Waals surface area (Å²) in [5.41, 5.74) is 4.57. The van der Waals surface area contributed by atoms with E-state index in [1.54, 1.807) is 18.2 Å². The van der Waals surface area contributed by atoms with E-state index in [-0.39, 0.29) is 5.56 Å². The molecule has 8 nitrogen and oxygen atoms in total. The summed E-state index contributed by atoms with van der Waals surface area (Å²) in [6.45, 7) is 5.30. The first kappa shape index (κ1) is 20.3. The number of aromatic carboxylic acids is 1. The van der Waals surface area contributed by atoms with Gasteiger partial charge in [0.15, 0.2) is 5.65 Å². The fourth-order valence-corrected chi connectivity index (χ4v) is 4.35. The van der Waals surface area contributed by atoms with Crippen LogP contribution in [0.15, 0.2) is 48.8 Å². The molecule has 2 aromatic heterocycles. The van der Waals surface area contributed by atoms with E-state index >= 15 is 0 Å². The van der Waals surface area contributed by atoms with E-state index in [9.17, 15) is 9.90 Å². The van der Waals surface area contributed by atoms with Crippen molar-refractivity contribution in [3.8, 4) is 11.3 Å². The van der Waals surface area contributed by atoms with Crippen molar-refractivity contribution in [1.29, 1.82) is 0 Å². The van der Waals surface area contributed by atoms with Crippen LogP contribution in [0.5, 0.6) is 0 Å². The van der Waals surface area contributed by atoms with E-state index in [0.29, 0.717) is 11.3 Å². The molecule has 0 atom stereocenters. The summed E-state index contributed by atoms with van der Waals surface area (Å²) in [6, 6.07) is 12.7. The third-order valence-corrected chi connectivity index (χ3v) is 6.06. The standard InChI is InChI=1S/C23H21ClN6O2/c1-14-5-6-17(24)12-18(14)29-7-9-30(10-8-29)22-19-20(27-28-21(19)25-13-26-22)15-3-2-4-16(11-15)23(31)32/h2-6,11-13H,7-10H2,1H3,(H,31,32)(H,25,26,27,28). The Balaban J connectivity index is 1.47. The second kappa shape index (κ2) is 8.12. The van der Waals surface area contributed by atoms with E-state index in [2.05, 4.69) is 36.9 Å². The molecule has 162 valence electrons. The van der Waals surface area contributed by atoms with Gasteiger partial charge in [-0.15, -0.1) is 0 Å². The van der Waals surface area contributed by atoms with Crippen LogP contribution < -0.4 is 9.80 Å². The molecule has 0 saturated carbocycles. The van der Waals surface area contributed by atoms with Crippen LogP contribution in [0.2, 0.25) is 5.02 Å². The number of carboxylic acids is 1. The van der Waals surface area contributed by atoms with Gasteiger partial charge in [0.05, 0.1) is 16.6 Å². The number of aryl methyl sites for hydroxylation is 1. The molecule has 1 saturated heterocycles. The van der Waals surface area contributed by atoms with Gasteiger partial charge in [-0.25, -0.2) is 14.8 Å². The summed E-state index contributed by atoms with van der Waals surface area (Å²) < 4.78 is 0. The average molecular weight is 449 g/mol. The van der Waals surface area contributed by atoms with E-state index in [4.69, 9.17) is 11.6 Å². The average Bonchev–Trinajstić information content (AvgIpc) is 3.25. The molecule has 3 heterocycles. The van der Waals surface area contributed by atoms with Crippen LogP contribution in [0, 0.1) is 6.92 Å². The van der Waals surface area contributed by atoms with Gasteiger partial charge in [-0.3, -0.25) is 5.10 Å². The fourth-order valence-electron chi connectivity index (χ4n) is 4.18. The number of aromatic nitrogens is 4. The lowest BCUT2D eigenvalue weighted by atomic mass is 10.1. The Hall–Kier alpha value is -3.65. The normalized spacial score (nSPS) is 14.2. The second-order valence-electron chi connectivity index (χ2n) is 7.79. The predicted octanol–water partition coefficient (Wildman–Crippen LogP) is 4.01. The summed E-state index contributed by atoms with van der Waals surface area (Å²) in [6.07, 6.45) is 1.52. The van der Waals surface area contributed by atoms with E-state index in [1.807, 2.05) is 24.3 Å². The first-order chi connectivity index (χ1) is 15.5. The molecule has 4 aromatic rings. The topological polar surface area (TPSA) is 98.2 Å². The van der Waals surface area contributed by atoms with Gasteiger partial charge in [0, 0.05) is 42.5 Å². The predicted molar refractivity (Wildman–Crippen MR) is 125 cm³/mol. The smallest absolute Gasteiger partial charge is 0.335 e. The highest BCUT2D eigenvalue weighted by atomic mass is 35.5. The lowest BCUT2D eigenvalue weighted by molar-refractivity contribution is 0.0697. The highest BCUT2D eigenvalue weighted by molar-refractivity contribution is 6.30. The van der Waals surface area contributed by atoms with Crippen molar-refractivity contribution >= 4 is 40.1 Å². The number of benzene rings is 2. The number of hydrogen-bond acceptors (Lipinski definition) is 6. The minimum atomic E-state index is -0.973.